The van der Waals surface area contributed by atoms with E-state index < -0.39 is 23.0 Å². The first-order valence-corrected chi connectivity index (χ1v) is 12.8. The zero-order valence-corrected chi connectivity index (χ0v) is 21.5. The normalized spacial score (nSPS) is 27.8. The summed E-state index contributed by atoms with van der Waals surface area (Å²) in [6.07, 6.45) is 5.51. The molecule has 1 saturated carbocycles. The maximum absolute atomic E-state index is 13.6. The summed E-state index contributed by atoms with van der Waals surface area (Å²) in [5.41, 5.74) is 0.0822. The van der Waals surface area contributed by atoms with Gasteiger partial charge in [-0.3, -0.25) is 10.1 Å². The van der Waals surface area contributed by atoms with Crippen LogP contribution >= 0.6 is 23.2 Å². The summed E-state index contributed by atoms with van der Waals surface area (Å²) < 4.78 is 5.87. The Morgan fingerprint density at radius 3 is 2.32 bits per heavy atom. The lowest BCUT2D eigenvalue weighted by Crippen LogP contribution is -2.47. The molecular formula is C28H32Cl2N2O2. The first kappa shape index (κ1) is 25.0. The SMILES string of the molecule is CC(C)(C)OC(=O)C1NC(C2CCCCC2)C(C#N)(c2ccc(Cl)cc2)C1c1cccc(Cl)c1. The van der Waals surface area contributed by atoms with Crippen LogP contribution in [0, 0.1) is 17.2 Å². The Bertz CT molecular complexity index is 1070. The predicted molar refractivity (Wildman–Crippen MR) is 136 cm³/mol. The van der Waals surface area contributed by atoms with Crippen LogP contribution in [0.3, 0.4) is 0 Å². The average Bonchev–Trinajstić information content (AvgIpc) is 3.15. The van der Waals surface area contributed by atoms with Crippen LogP contribution in [-0.4, -0.2) is 23.7 Å². The van der Waals surface area contributed by atoms with Gasteiger partial charge in [-0.2, -0.15) is 5.26 Å². The third-order valence-corrected chi connectivity index (χ3v) is 7.66. The van der Waals surface area contributed by atoms with Gasteiger partial charge in [0.2, 0.25) is 0 Å². The topological polar surface area (TPSA) is 62.1 Å². The molecule has 1 aliphatic carbocycles. The largest absolute Gasteiger partial charge is 0.459 e. The summed E-state index contributed by atoms with van der Waals surface area (Å²) in [5, 5.41) is 15.8. The molecule has 1 N–H and O–H groups in total. The van der Waals surface area contributed by atoms with E-state index in [1.165, 1.54) is 6.42 Å². The van der Waals surface area contributed by atoms with Crippen LogP contribution in [0.4, 0.5) is 0 Å². The highest BCUT2D eigenvalue weighted by Crippen LogP contribution is 2.53. The van der Waals surface area contributed by atoms with Gasteiger partial charge in [-0.15, -0.1) is 0 Å². The molecule has 180 valence electrons. The van der Waals surface area contributed by atoms with Crippen molar-refractivity contribution in [1.29, 1.82) is 5.26 Å². The number of ether oxygens (including phenoxy) is 1. The van der Waals surface area contributed by atoms with Crippen LogP contribution in [0.1, 0.15) is 69.9 Å². The highest BCUT2D eigenvalue weighted by molar-refractivity contribution is 6.30. The second-order valence-corrected chi connectivity index (χ2v) is 11.4. The lowest BCUT2D eigenvalue weighted by molar-refractivity contribution is -0.157. The minimum Gasteiger partial charge on any atom is -0.459 e. The molecule has 0 aromatic heterocycles. The second-order valence-electron chi connectivity index (χ2n) is 10.6. The molecule has 2 aromatic rings. The Balaban J connectivity index is 1.92. The second kappa shape index (κ2) is 9.90. The first-order valence-electron chi connectivity index (χ1n) is 12.1. The molecule has 0 amide bonds. The zero-order valence-electron chi connectivity index (χ0n) is 20.0. The minimum atomic E-state index is -0.987. The van der Waals surface area contributed by atoms with Gasteiger partial charge in [0.15, 0.2) is 0 Å². The van der Waals surface area contributed by atoms with Gasteiger partial charge in [-0.1, -0.05) is 66.7 Å². The Morgan fingerprint density at radius 2 is 1.74 bits per heavy atom. The Morgan fingerprint density at radius 1 is 1.06 bits per heavy atom. The number of benzene rings is 2. The highest BCUT2D eigenvalue weighted by atomic mass is 35.5. The molecule has 1 aliphatic heterocycles. The number of esters is 1. The maximum atomic E-state index is 13.6. The standard InChI is InChI=1S/C28H32Cl2N2O2/c1-27(2,3)34-26(33)24-23(19-10-7-11-22(30)16-19)28(17-31,20-12-14-21(29)15-13-20)25(32-24)18-8-5-4-6-9-18/h7,10-16,18,23-25,32H,4-6,8-9H2,1-3H3. The summed E-state index contributed by atoms with van der Waals surface area (Å²) in [4.78, 5) is 13.6. The van der Waals surface area contributed by atoms with Gasteiger partial charge >= 0.3 is 5.97 Å². The third kappa shape index (κ3) is 4.85. The van der Waals surface area contributed by atoms with Crippen LogP contribution in [0.15, 0.2) is 48.5 Å². The van der Waals surface area contributed by atoms with Gasteiger partial charge < -0.3 is 4.74 Å². The van der Waals surface area contributed by atoms with Crippen molar-refractivity contribution < 1.29 is 9.53 Å². The van der Waals surface area contributed by atoms with E-state index in [9.17, 15) is 10.1 Å². The minimum absolute atomic E-state index is 0.208. The van der Waals surface area contributed by atoms with Crippen LogP contribution in [0.5, 0.6) is 0 Å². The molecule has 0 bridgehead atoms. The van der Waals surface area contributed by atoms with E-state index in [1.807, 2.05) is 69.3 Å². The van der Waals surface area contributed by atoms with Gasteiger partial charge in [0.25, 0.3) is 0 Å². The Hall–Kier alpha value is -2.06. The number of halogens is 2. The molecule has 4 rings (SSSR count). The predicted octanol–water partition coefficient (Wildman–Crippen LogP) is 6.80. The van der Waals surface area contributed by atoms with Gasteiger partial charge in [-0.25, -0.2) is 0 Å². The van der Waals surface area contributed by atoms with Crippen molar-refractivity contribution >= 4 is 29.2 Å². The molecule has 34 heavy (non-hydrogen) atoms. The number of hydrogen-bond donors (Lipinski definition) is 1. The van der Waals surface area contributed by atoms with Crippen LogP contribution < -0.4 is 5.32 Å². The number of carbonyl (C=O) groups is 1. The number of nitrogens with zero attached hydrogens (tertiary/aromatic N) is 1. The van der Waals surface area contributed by atoms with Gasteiger partial charge in [0.1, 0.15) is 17.1 Å². The van der Waals surface area contributed by atoms with E-state index in [4.69, 9.17) is 27.9 Å². The molecule has 4 unspecified atom stereocenters. The molecule has 0 radical (unpaired) electrons. The number of nitrogens with one attached hydrogen (secondary N) is 1. The molecule has 1 saturated heterocycles. The van der Waals surface area contributed by atoms with Crippen molar-refractivity contribution in [3.05, 3.63) is 69.7 Å². The summed E-state index contributed by atoms with van der Waals surface area (Å²) in [6.45, 7) is 5.59. The molecule has 4 nitrogen and oxygen atoms in total. The summed E-state index contributed by atoms with van der Waals surface area (Å²) in [6, 6.07) is 16.9. The molecule has 2 aromatic carbocycles. The Labute approximate surface area is 212 Å². The van der Waals surface area contributed by atoms with Crippen molar-refractivity contribution in [2.45, 2.75) is 81.9 Å². The van der Waals surface area contributed by atoms with E-state index in [0.717, 1.165) is 36.8 Å². The zero-order chi connectivity index (χ0) is 24.5. The third-order valence-electron chi connectivity index (χ3n) is 7.17. The van der Waals surface area contributed by atoms with Crippen LogP contribution in [-0.2, 0) is 14.9 Å². The van der Waals surface area contributed by atoms with Gasteiger partial charge in [0, 0.05) is 22.0 Å². The first-order chi connectivity index (χ1) is 16.2. The summed E-state index contributed by atoms with van der Waals surface area (Å²) >= 11 is 12.6. The molecule has 0 spiro atoms. The van der Waals surface area contributed by atoms with Crippen LogP contribution in [0.2, 0.25) is 10.0 Å². The smallest absolute Gasteiger partial charge is 0.324 e. The molecule has 4 atom stereocenters. The summed E-state index contributed by atoms with van der Waals surface area (Å²) in [7, 11) is 0. The molecular weight excluding hydrogens is 467 g/mol. The van der Waals surface area contributed by atoms with Crippen molar-refractivity contribution in [3.8, 4) is 6.07 Å². The number of rotatable bonds is 4. The lowest BCUT2D eigenvalue weighted by Gasteiger charge is -2.39. The number of nitriles is 1. The molecule has 2 aliphatic rings. The fourth-order valence-electron chi connectivity index (χ4n) is 5.87. The fourth-order valence-corrected chi connectivity index (χ4v) is 6.19. The lowest BCUT2D eigenvalue weighted by atomic mass is 9.61. The van der Waals surface area contributed by atoms with Crippen molar-refractivity contribution in [3.63, 3.8) is 0 Å². The van der Waals surface area contributed by atoms with Crippen molar-refractivity contribution in [2.75, 3.05) is 0 Å². The molecule has 6 heteroatoms. The maximum Gasteiger partial charge on any atom is 0.324 e. The van der Waals surface area contributed by atoms with Crippen LogP contribution in [0.25, 0.3) is 0 Å². The van der Waals surface area contributed by atoms with Gasteiger partial charge in [-0.05, 0) is 74.9 Å². The summed E-state index contributed by atoms with van der Waals surface area (Å²) in [5.74, 6) is -0.540. The van der Waals surface area contributed by atoms with E-state index in [2.05, 4.69) is 11.4 Å². The quantitative estimate of drug-likeness (QED) is 0.470. The van der Waals surface area contributed by atoms with Crippen molar-refractivity contribution in [1.82, 2.24) is 5.32 Å². The van der Waals surface area contributed by atoms with E-state index >= 15 is 0 Å². The highest BCUT2D eigenvalue weighted by Gasteiger charge is 2.61. The number of carbonyl (C=O) groups excluding carboxylic acids is 1. The van der Waals surface area contributed by atoms with Gasteiger partial charge in [0.05, 0.1) is 6.07 Å². The number of hydrogen-bond acceptors (Lipinski definition) is 4. The van der Waals surface area contributed by atoms with Crippen molar-refractivity contribution in [2.24, 2.45) is 5.92 Å². The fraction of sp³-hybridized carbons (Fsp3) is 0.500. The molecule has 2 fully saturated rings. The monoisotopic (exact) mass is 498 g/mol. The average molecular weight is 499 g/mol. The van der Waals surface area contributed by atoms with E-state index in [1.54, 1.807) is 0 Å². The Kier molecular flexibility index (Phi) is 7.29. The van der Waals surface area contributed by atoms with E-state index in [-0.39, 0.29) is 17.9 Å². The molecule has 1 heterocycles. The van der Waals surface area contributed by atoms with E-state index in [0.29, 0.717) is 10.0 Å².